The lowest BCUT2D eigenvalue weighted by atomic mass is 9.86. The van der Waals surface area contributed by atoms with Crippen LogP contribution in [0.5, 0.6) is 0 Å². The van der Waals surface area contributed by atoms with Crippen molar-refractivity contribution in [3.8, 4) is 0 Å². The van der Waals surface area contributed by atoms with Gasteiger partial charge in [-0.05, 0) is 72.2 Å². The summed E-state index contributed by atoms with van der Waals surface area (Å²) in [6.07, 6.45) is 0. The fourth-order valence-corrected chi connectivity index (χ4v) is 3.23. The number of hydrogen-bond donors (Lipinski definition) is 1. The number of rotatable bonds is 1. The predicted octanol–water partition coefficient (Wildman–Crippen LogP) is 4.92. The van der Waals surface area contributed by atoms with Gasteiger partial charge in [0.05, 0.1) is 5.56 Å². The van der Waals surface area contributed by atoms with Crippen molar-refractivity contribution in [2.24, 2.45) is 0 Å². The molecule has 0 fully saturated rings. The summed E-state index contributed by atoms with van der Waals surface area (Å²) < 4.78 is 0. The first-order chi connectivity index (χ1) is 9.93. The van der Waals surface area contributed by atoms with E-state index in [1.54, 1.807) is 6.07 Å². The molecule has 3 aromatic carbocycles. The van der Waals surface area contributed by atoms with Crippen molar-refractivity contribution < 1.29 is 9.90 Å². The largest absolute Gasteiger partial charge is 0.478 e. The van der Waals surface area contributed by atoms with Crippen LogP contribution < -0.4 is 0 Å². The van der Waals surface area contributed by atoms with E-state index in [1.807, 2.05) is 25.1 Å². The van der Waals surface area contributed by atoms with Crippen LogP contribution in [0.1, 0.15) is 32.6 Å². The Balaban J connectivity index is 2.73. The molecule has 106 valence electrons. The summed E-state index contributed by atoms with van der Waals surface area (Å²) in [4.78, 5) is 11.7. The number of aryl methyl sites for hydroxylation is 2. The summed E-state index contributed by atoms with van der Waals surface area (Å²) in [5.74, 6) is -0.864. The van der Waals surface area contributed by atoms with Crippen LogP contribution in [0.3, 0.4) is 0 Å². The van der Waals surface area contributed by atoms with Gasteiger partial charge in [-0.1, -0.05) is 24.3 Å². The van der Waals surface area contributed by atoms with Crippen LogP contribution >= 0.6 is 0 Å². The minimum atomic E-state index is -0.864. The number of benzene rings is 3. The number of hydrogen-bond acceptors (Lipinski definition) is 1. The van der Waals surface area contributed by atoms with Crippen LogP contribution in [0.4, 0.5) is 0 Å². The highest BCUT2D eigenvalue weighted by molar-refractivity contribution is 6.18. The highest BCUT2D eigenvalue weighted by Gasteiger charge is 2.18. The first-order valence-electron chi connectivity index (χ1n) is 7.08. The molecular weight excluding hydrogens is 260 g/mol. The molecule has 0 bridgehead atoms. The van der Waals surface area contributed by atoms with E-state index < -0.39 is 5.97 Å². The summed E-state index contributed by atoms with van der Waals surface area (Å²) in [6.45, 7) is 8.28. The summed E-state index contributed by atoms with van der Waals surface area (Å²) in [5.41, 5.74) is 5.06. The third-order valence-corrected chi connectivity index (χ3v) is 4.72. The maximum absolute atomic E-state index is 11.7. The molecule has 0 amide bonds. The fourth-order valence-electron chi connectivity index (χ4n) is 3.23. The van der Waals surface area contributed by atoms with Gasteiger partial charge in [0, 0.05) is 5.39 Å². The van der Waals surface area contributed by atoms with Gasteiger partial charge >= 0.3 is 5.97 Å². The molecule has 0 aromatic heterocycles. The molecule has 0 saturated carbocycles. The zero-order valence-corrected chi connectivity index (χ0v) is 12.7. The first kappa shape index (κ1) is 13.6. The van der Waals surface area contributed by atoms with E-state index in [9.17, 15) is 9.90 Å². The minimum absolute atomic E-state index is 0.396. The average Bonchev–Trinajstić information content (AvgIpc) is 2.48. The van der Waals surface area contributed by atoms with Crippen molar-refractivity contribution in [3.05, 3.63) is 58.1 Å². The van der Waals surface area contributed by atoms with Crippen molar-refractivity contribution >= 4 is 27.5 Å². The smallest absolute Gasteiger partial charge is 0.336 e. The molecule has 0 aliphatic heterocycles. The zero-order valence-electron chi connectivity index (χ0n) is 12.7. The second-order valence-electron chi connectivity index (χ2n) is 5.70. The van der Waals surface area contributed by atoms with Crippen molar-refractivity contribution in [2.45, 2.75) is 27.7 Å². The lowest BCUT2D eigenvalue weighted by Crippen LogP contribution is -2.03. The maximum atomic E-state index is 11.7. The SMILES string of the molecule is Cc1c(C)c(C)c2c(c(C(=O)O)cc3ccccc32)c1C. The molecule has 1 N–H and O–H groups in total. The summed E-state index contributed by atoms with van der Waals surface area (Å²) in [7, 11) is 0. The molecule has 0 aliphatic carbocycles. The Morgan fingerprint density at radius 2 is 1.43 bits per heavy atom. The predicted molar refractivity (Wildman–Crippen MR) is 87.4 cm³/mol. The van der Waals surface area contributed by atoms with Crippen LogP contribution in [-0.2, 0) is 0 Å². The Labute approximate surface area is 124 Å². The Morgan fingerprint density at radius 1 is 0.857 bits per heavy atom. The highest BCUT2D eigenvalue weighted by Crippen LogP contribution is 2.36. The van der Waals surface area contributed by atoms with Gasteiger partial charge in [-0.15, -0.1) is 0 Å². The quantitative estimate of drug-likeness (QED) is 0.641. The molecule has 0 saturated heterocycles. The van der Waals surface area contributed by atoms with Crippen molar-refractivity contribution in [3.63, 3.8) is 0 Å². The lowest BCUT2D eigenvalue weighted by molar-refractivity contribution is 0.0699. The van der Waals surface area contributed by atoms with Gasteiger partial charge in [-0.2, -0.15) is 0 Å². The molecule has 0 aliphatic rings. The molecule has 2 nitrogen and oxygen atoms in total. The molecule has 0 spiro atoms. The third-order valence-electron chi connectivity index (χ3n) is 4.72. The van der Waals surface area contributed by atoms with Gasteiger partial charge in [-0.3, -0.25) is 0 Å². The van der Waals surface area contributed by atoms with Crippen LogP contribution in [-0.4, -0.2) is 11.1 Å². The van der Waals surface area contributed by atoms with Crippen LogP contribution in [0.25, 0.3) is 21.5 Å². The standard InChI is InChI=1S/C19H18O2/c1-10-11(2)13(4)18-16(19(20)21)9-14-7-5-6-8-15(14)17(18)12(10)3/h5-9H,1-4H3,(H,20,21). The van der Waals surface area contributed by atoms with Crippen molar-refractivity contribution in [1.82, 2.24) is 0 Å². The molecular formula is C19H18O2. The van der Waals surface area contributed by atoms with E-state index in [2.05, 4.69) is 26.8 Å². The van der Waals surface area contributed by atoms with E-state index in [4.69, 9.17) is 0 Å². The monoisotopic (exact) mass is 278 g/mol. The van der Waals surface area contributed by atoms with E-state index in [0.717, 1.165) is 27.1 Å². The van der Waals surface area contributed by atoms with Gasteiger partial charge in [0.1, 0.15) is 0 Å². The molecule has 21 heavy (non-hydrogen) atoms. The fraction of sp³-hybridized carbons (Fsp3) is 0.211. The first-order valence-corrected chi connectivity index (χ1v) is 7.08. The Kier molecular flexibility index (Phi) is 2.98. The number of carbonyl (C=O) groups is 1. The Morgan fingerprint density at radius 3 is 2.05 bits per heavy atom. The normalized spacial score (nSPS) is 11.2. The Hall–Kier alpha value is -2.35. The number of aromatic carboxylic acids is 1. The third kappa shape index (κ3) is 1.83. The highest BCUT2D eigenvalue weighted by atomic mass is 16.4. The van der Waals surface area contributed by atoms with Crippen molar-refractivity contribution in [2.75, 3.05) is 0 Å². The molecule has 3 rings (SSSR count). The second kappa shape index (κ2) is 4.59. The van der Waals surface area contributed by atoms with Gasteiger partial charge in [0.15, 0.2) is 0 Å². The van der Waals surface area contributed by atoms with Gasteiger partial charge < -0.3 is 5.11 Å². The molecule has 0 unspecified atom stereocenters. The average molecular weight is 278 g/mol. The van der Waals surface area contributed by atoms with Crippen LogP contribution in [0.15, 0.2) is 30.3 Å². The Bertz CT molecular complexity index is 905. The van der Waals surface area contributed by atoms with E-state index >= 15 is 0 Å². The molecule has 0 radical (unpaired) electrons. The zero-order chi connectivity index (χ0) is 15.3. The molecule has 0 atom stereocenters. The van der Waals surface area contributed by atoms with Gasteiger partial charge in [0.25, 0.3) is 0 Å². The van der Waals surface area contributed by atoms with Crippen LogP contribution in [0.2, 0.25) is 0 Å². The molecule has 2 heteroatoms. The van der Waals surface area contributed by atoms with Gasteiger partial charge in [-0.25, -0.2) is 4.79 Å². The summed E-state index contributed by atoms with van der Waals surface area (Å²) in [5, 5.41) is 13.7. The maximum Gasteiger partial charge on any atom is 0.336 e. The van der Waals surface area contributed by atoms with Gasteiger partial charge in [0.2, 0.25) is 0 Å². The topological polar surface area (TPSA) is 37.3 Å². The minimum Gasteiger partial charge on any atom is -0.478 e. The summed E-state index contributed by atoms with van der Waals surface area (Å²) in [6, 6.07) is 9.80. The second-order valence-corrected chi connectivity index (χ2v) is 5.70. The van der Waals surface area contributed by atoms with E-state index in [0.29, 0.717) is 5.56 Å². The number of fused-ring (bicyclic) bond motifs is 3. The number of carboxylic acids is 1. The molecule has 0 heterocycles. The van der Waals surface area contributed by atoms with Crippen molar-refractivity contribution in [1.29, 1.82) is 0 Å². The van der Waals surface area contributed by atoms with E-state index in [-0.39, 0.29) is 0 Å². The number of carboxylic acid groups (broad SMARTS) is 1. The summed E-state index contributed by atoms with van der Waals surface area (Å²) >= 11 is 0. The lowest BCUT2D eigenvalue weighted by Gasteiger charge is -2.18. The van der Waals surface area contributed by atoms with Crippen LogP contribution in [0, 0.1) is 27.7 Å². The molecule has 3 aromatic rings. The van der Waals surface area contributed by atoms with E-state index in [1.165, 1.54) is 16.7 Å².